The normalized spacial score (nSPS) is 15.9. The van der Waals surface area contributed by atoms with Gasteiger partial charge in [0.2, 0.25) is 0 Å². The Balaban J connectivity index is 1.22. The van der Waals surface area contributed by atoms with Gasteiger partial charge in [-0.1, -0.05) is 35.0 Å². The third-order valence-corrected chi connectivity index (χ3v) is 5.40. The van der Waals surface area contributed by atoms with E-state index in [-0.39, 0.29) is 29.4 Å². The molecule has 1 aromatic heterocycles. The molecule has 0 spiro atoms. The number of aromatic nitrogens is 3. The Kier molecular flexibility index (Phi) is 7.74. The Morgan fingerprint density at radius 3 is 2.85 bits per heavy atom. The minimum absolute atomic E-state index is 0.00434. The molecule has 174 valence electrons. The Morgan fingerprint density at radius 1 is 1.18 bits per heavy atom. The zero-order valence-electron chi connectivity index (χ0n) is 17.9. The van der Waals surface area contributed by atoms with Gasteiger partial charge in [-0.25, -0.2) is 9.07 Å². The van der Waals surface area contributed by atoms with Crippen LogP contribution in [-0.2, 0) is 22.5 Å². The summed E-state index contributed by atoms with van der Waals surface area (Å²) in [6.45, 7) is 2.07. The molecule has 2 heterocycles. The predicted octanol–water partition coefficient (Wildman–Crippen LogP) is 3.00. The molecule has 1 unspecified atom stereocenters. The van der Waals surface area contributed by atoms with E-state index in [1.165, 1.54) is 12.1 Å². The highest BCUT2D eigenvalue weighted by Crippen LogP contribution is 2.20. The molecule has 1 saturated heterocycles. The number of morpholine rings is 1. The van der Waals surface area contributed by atoms with Crippen molar-refractivity contribution in [2.75, 3.05) is 32.9 Å². The summed E-state index contributed by atoms with van der Waals surface area (Å²) >= 11 is 5.66. The quantitative estimate of drug-likeness (QED) is 0.474. The van der Waals surface area contributed by atoms with E-state index in [1.54, 1.807) is 9.58 Å². The number of rotatable bonds is 9. The average Bonchev–Trinajstić information content (AvgIpc) is 3.27. The Hall–Kier alpha value is -3.17. The number of para-hydroxylation sites is 1. The van der Waals surface area contributed by atoms with Gasteiger partial charge in [-0.15, -0.1) is 5.10 Å². The lowest BCUT2D eigenvalue weighted by Gasteiger charge is -2.32. The number of nitrogens with zero attached hydrogens (tertiary/aromatic N) is 4. The first-order valence-electron chi connectivity index (χ1n) is 10.6. The van der Waals surface area contributed by atoms with Gasteiger partial charge in [0.15, 0.2) is 6.61 Å². The molecule has 1 fully saturated rings. The van der Waals surface area contributed by atoms with E-state index < -0.39 is 5.82 Å². The highest BCUT2D eigenvalue weighted by molar-refractivity contribution is 6.30. The van der Waals surface area contributed by atoms with Gasteiger partial charge in [0.1, 0.15) is 17.3 Å². The van der Waals surface area contributed by atoms with Crippen LogP contribution >= 0.6 is 11.6 Å². The number of hydrogen-bond donors (Lipinski definition) is 0. The molecule has 4 rings (SSSR count). The smallest absolute Gasteiger partial charge is 0.260 e. The molecule has 8 nitrogen and oxygen atoms in total. The van der Waals surface area contributed by atoms with Gasteiger partial charge in [-0.3, -0.25) is 4.79 Å². The fraction of sp³-hybridized carbons (Fsp3) is 0.348. The molecule has 10 heteroatoms. The molecule has 0 N–H and O–H groups in total. The molecule has 0 bridgehead atoms. The molecule has 1 aliphatic heterocycles. The summed E-state index contributed by atoms with van der Waals surface area (Å²) in [6.07, 6.45) is 2.27. The third-order valence-electron chi connectivity index (χ3n) is 5.09. The van der Waals surface area contributed by atoms with Gasteiger partial charge >= 0.3 is 0 Å². The number of hydrogen-bond acceptors (Lipinski definition) is 6. The van der Waals surface area contributed by atoms with Crippen LogP contribution in [0.1, 0.15) is 5.69 Å². The number of benzene rings is 2. The van der Waals surface area contributed by atoms with Gasteiger partial charge in [0, 0.05) is 31.8 Å². The maximum absolute atomic E-state index is 13.5. The Labute approximate surface area is 195 Å². The largest absolute Gasteiger partial charge is 0.493 e. The fourth-order valence-corrected chi connectivity index (χ4v) is 3.52. The third kappa shape index (κ3) is 6.66. The van der Waals surface area contributed by atoms with Crippen LogP contribution in [0.25, 0.3) is 0 Å². The summed E-state index contributed by atoms with van der Waals surface area (Å²) in [5.74, 6) is 0.278. The van der Waals surface area contributed by atoms with Gasteiger partial charge in [0.25, 0.3) is 5.91 Å². The van der Waals surface area contributed by atoms with E-state index in [0.717, 1.165) is 17.5 Å². The standard InChI is InChI=1S/C23H24ClFN4O4/c24-21-7-6-19(12-22(21)25)33-16-23(30)28-9-11-32-20(14-28)15-29-13-17(26-27-29)8-10-31-18-4-2-1-3-5-18/h1-7,12-13,20H,8-11,14-16H2. The molecule has 0 radical (unpaired) electrons. The summed E-state index contributed by atoms with van der Waals surface area (Å²) in [4.78, 5) is 14.2. The fourth-order valence-electron chi connectivity index (χ4n) is 3.40. The number of carbonyl (C=O) groups is 1. The van der Waals surface area contributed by atoms with Crippen LogP contribution in [0.2, 0.25) is 5.02 Å². The van der Waals surface area contributed by atoms with Crippen LogP contribution in [0, 0.1) is 5.82 Å². The topological polar surface area (TPSA) is 78.7 Å². The monoisotopic (exact) mass is 474 g/mol. The molecule has 3 aromatic rings. The van der Waals surface area contributed by atoms with Crippen molar-refractivity contribution in [2.45, 2.75) is 19.1 Å². The molecule has 0 saturated carbocycles. The van der Waals surface area contributed by atoms with Crippen molar-refractivity contribution in [1.82, 2.24) is 19.9 Å². The summed E-state index contributed by atoms with van der Waals surface area (Å²) in [7, 11) is 0. The molecular weight excluding hydrogens is 451 g/mol. The van der Waals surface area contributed by atoms with Crippen LogP contribution in [0.3, 0.4) is 0 Å². The van der Waals surface area contributed by atoms with Crippen molar-refractivity contribution in [3.63, 3.8) is 0 Å². The van der Waals surface area contributed by atoms with E-state index in [1.807, 2.05) is 36.5 Å². The van der Waals surface area contributed by atoms with E-state index in [4.69, 9.17) is 25.8 Å². The molecule has 0 aliphatic carbocycles. The highest BCUT2D eigenvalue weighted by atomic mass is 35.5. The lowest BCUT2D eigenvalue weighted by Crippen LogP contribution is -2.48. The molecule has 1 amide bonds. The maximum atomic E-state index is 13.5. The average molecular weight is 475 g/mol. The van der Waals surface area contributed by atoms with Gasteiger partial charge < -0.3 is 19.1 Å². The molecule has 33 heavy (non-hydrogen) atoms. The molecule has 1 atom stereocenters. The van der Waals surface area contributed by atoms with Gasteiger partial charge in [-0.05, 0) is 24.3 Å². The highest BCUT2D eigenvalue weighted by Gasteiger charge is 2.25. The SMILES string of the molecule is O=C(COc1ccc(Cl)c(F)c1)N1CCOC(Cn2cc(CCOc3ccccc3)nn2)C1. The zero-order valence-corrected chi connectivity index (χ0v) is 18.7. The summed E-state index contributed by atoms with van der Waals surface area (Å²) in [5, 5.41) is 8.34. The minimum atomic E-state index is -0.591. The van der Waals surface area contributed by atoms with E-state index in [0.29, 0.717) is 39.3 Å². The zero-order chi connectivity index (χ0) is 23.0. The summed E-state index contributed by atoms with van der Waals surface area (Å²) in [5.41, 5.74) is 0.818. The lowest BCUT2D eigenvalue weighted by molar-refractivity contribution is -0.141. The van der Waals surface area contributed by atoms with Crippen LogP contribution in [0.15, 0.2) is 54.7 Å². The first-order chi connectivity index (χ1) is 16.1. The maximum Gasteiger partial charge on any atom is 0.260 e. The van der Waals surface area contributed by atoms with Crippen molar-refractivity contribution in [3.05, 3.63) is 71.3 Å². The van der Waals surface area contributed by atoms with Crippen molar-refractivity contribution >= 4 is 17.5 Å². The lowest BCUT2D eigenvalue weighted by atomic mass is 10.2. The first kappa shape index (κ1) is 23.0. The number of halogens is 2. The van der Waals surface area contributed by atoms with E-state index in [2.05, 4.69) is 10.3 Å². The van der Waals surface area contributed by atoms with E-state index in [9.17, 15) is 9.18 Å². The predicted molar refractivity (Wildman–Crippen MR) is 119 cm³/mol. The van der Waals surface area contributed by atoms with Crippen LogP contribution in [0.4, 0.5) is 4.39 Å². The molecule has 2 aromatic carbocycles. The summed E-state index contributed by atoms with van der Waals surface area (Å²) < 4.78 is 32.1. The summed E-state index contributed by atoms with van der Waals surface area (Å²) in [6, 6.07) is 13.7. The van der Waals surface area contributed by atoms with Crippen molar-refractivity contribution in [2.24, 2.45) is 0 Å². The number of carbonyl (C=O) groups excluding carboxylic acids is 1. The second-order valence-electron chi connectivity index (χ2n) is 7.54. The Bertz CT molecular complexity index is 1070. The van der Waals surface area contributed by atoms with Gasteiger partial charge in [-0.2, -0.15) is 0 Å². The number of amides is 1. The second-order valence-corrected chi connectivity index (χ2v) is 7.95. The van der Waals surface area contributed by atoms with E-state index >= 15 is 0 Å². The molecule has 1 aliphatic rings. The van der Waals surface area contributed by atoms with Crippen LogP contribution in [-0.4, -0.2) is 64.8 Å². The van der Waals surface area contributed by atoms with Crippen molar-refractivity contribution in [3.8, 4) is 11.5 Å². The van der Waals surface area contributed by atoms with Crippen molar-refractivity contribution in [1.29, 1.82) is 0 Å². The van der Waals surface area contributed by atoms with Crippen LogP contribution in [0.5, 0.6) is 11.5 Å². The van der Waals surface area contributed by atoms with Crippen LogP contribution < -0.4 is 9.47 Å². The Morgan fingerprint density at radius 2 is 2.03 bits per heavy atom. The molecular formula is C23H24ClFN4O4. The van der Waals surface area contributed by atoms with Gasteiger partial charge in [0.05, 0.1) is 36.6 Å². The second kappa shape index (κ2) is 11.1. The number of ether oxygens (including phenoxy) is 3. The first-order valence-corrected chi connectivity index (χ1v) is 11.0. The van der Waals surface area contributed by atoms with Crippen molar-refractivity contribution < 1.29 is 23.4 Å². The minimum Gasteiger partial charge on any atom is -0.493 e.